The first-order valence-corrected chi connectivity index (χ1v) is 6.22. The van der Waals surface area contributed by atoms with Crippen LogP contribution in [0.3, 0.4) is 0 Å². The summed E-state index contributed by atoms with van der Waals surface area (Å²) in [5.74, 6) is 0.155. The number of likely N-dealkylation sites (N-methyl/N-ethyl adjacent to an activating group) is 1. The zero-order valence-corrected chi connectivity index (χ0v) is 10.8. The third kappa shape index (κ3) is 3.20. The Morgan fingerprint density at radius 2 is 2.47 bits per heavy atom. The van der Waals surface area contributed by atoms with E-state index in [1.54, 1.807) is 6.20 Å². The number of nitrogens with zero attached hydrogens (tertiary/aromatic N) is 2. The van der Waals surface area contributed by atoms with Crippen LogP contribution in [0.4, 0.5) is 0 Å². The highest BCUT2D eigenvalue weighted by Gasteiger charge is 2.24. The molecule has 0 aromatic carbocycles. The molecule has 1 aromatic rings. The first kappa shape index (κ1) is 12.4. The number of nitrogens with one attached hydrogen (secondary N) is 1. The SMILES string of the molecule is CNC1CCN(C(=O)Cc2ccc(S)cn2)C1. The molecule has 2 rings (SSSR count). The molecule has 1 unspecified atom stereocenters. The van der Waals surface area contributed by atoms with Crippen molar-refractivity contribution >= 4 is 18.5 Å². The number of hydrogen-bond donors (Lipinski definition) is 2. The fraction of sp³-hybridized carbons (Fsp3) is 0.500. The standard InChI is InChI=1S/C12H17N3OS/c1-13-10-4-5-15(8-10)12(16)6-9-2-3-11(17)7-14-9/h2-3,7,10,13,17H,4-6,8H2,1H3. The van der Waals surface area contributed by atoms with E-state index in [0.717, 1.165) is 30.1 Å². The van der Waals surface area contributed by atoms with Gasteiger partial charge in [-0.15, -0.1) is 12.6 Å². The zero-order chi connectivity index (χ0) is 12.3. The topological polar surface area (TPSA) is 45.2 Å². The fourth-order valence-electron chi connectivity index (χ4n) is 2.01. The monoisotopic (exact) mass is 251 g/mol. The number of carbonyl (C=O) groups excluding carboxylic acids is 1. The van der Waals surface area contributed by atoms with Gasteiger partial charge in [0.25, 0.3) is 0 Å². The summed E-state index contributed by atoms with van der Waals surface area (Å²) in [6.07, 6.45) is 3.09. The Balaban J connectivity index is 1.91. The van der Waals surface area contributed by atoms with Gasteiger partial charge in [-0.3, -0.25) is 9.78 Å². The van der Waals surface area contributed by atoms with E-state index in [4.69, 9.17) is 0 Å². The van der Waals surface area contributed by atoms with Crippen LogP contribution in [0.25, 0.3) is 0 Å². The molecule has 4 nitrogen and oxygen atoms in total. The minimum absolute atomic E-state index is 0.155. The van der Waals surface area contributed by atoms with Crippen molar-refractivity contribution < 1.29 is 4.79 Å². The van der Waals surface area contributed by atoms with Gasteiger partial charge in [-0.1, -0.05) is 0 Å². The molecule has 1 saturated heterocycles. The predicted octanol–water partition coefficient (Wildman–Crippen LogP) is 0.733. The minimum Gasteiger partial charge on any atom is -0.341 e. The maximum atomic E-state index is 12.0. The predicted molar refractivity (Wildman–Crippen MR) is 69.2 cm³/mol. The number of thiol groups is 1. The third-order valence-corrected chi connectivity index (χ3v) is 3.36. The van der Waals surface area contributed by atoms with Crippen LogP contribution in [0.5, 0.6) is 0 Å². The molecule has 1 N–H and O–H groups in total. The van der Waals surface area contributed by atoms with Gasteiger partial charge in [0, 0.05) is 35.9 Å². The fourth-order valence-corrected chi connectivity index (χ4v) is 2.14. The summed E-state index contributed by atoms with van der Waals surface area (Å²) in [7, 11) is 1.94. The van der Waals surface area contributed by atoms with Gasteiger partial charge in [0.1, 0.15) is 0 Å². The second-order valence-corrected chi connectivity index (χ2v) is 4.81. The summed E-state index contributed by atoms with van der Waals surface area (Å²) in [6.45, 7) is 1.65. The van der Waals surface area contributed by atoms with Crippen LogP contribution in [0.1, 0.15) is 12.1 Å². The Hall–Kier alpha value is -1.07. The highest BCUT2D eigenvalue weighted by Crippen LogP contribution is 2.11. The lowest BCUT2D eigenvalue weighted by molar-refractivity contribution is -0.129. The molecule has 92 valence electrons. The molecule has 0 spiro atoms. The van der Waals surface area contributed by atoms with E-state index in [1.165, 1.54) is 0 Å². The molecule has 0 bridgehead atoms. The summed E-state index contributed by atoms with van der Waals surface area (Å²) < 4.78 is 0. The van der Waals surface area contributed by atoms with E-state index < -0.39 is 0 Å². The van der Waals surface area contributed by atoms with Crippen LogP contribution in [0.2, 0.25) is 0 Å². The van der Waals surface area contributed by atoms with Crippen molar-refractivity contribution in [1.29, 1.82) is 0 Å². The molecule has 1 aliphatic heterocycles. The summed E-state index contributed by atoms with van der Waals surface area (Å²) in [5.41, 5.74) is 0.806. The van der Waals surface area contributed by atoms with Crippen molar-refractivity contribution in [3.05, 3.63) is 24.0 Å². The van der Waals surface area contributed by atoms with Gasteiger partial charge in [0.2, 0.25) is 5.91 Å². The quantitative estimate of drug-likeness (QED) is 0.779. The maximum absolute atomic E-state index is 12.0. The number of pyridine rings is 1. The number of likely N-dealkylation sites (tertiary alicyclic amines) is 1. The minimum atomic E-state index is 0.155. The molecule has 5 heteroatoms. The van der Waals surface area contributed by atoms with Crippen molar-refractivity contribution in [2.24, 2.45) is 0 Å². The molecule has 0 radical (unpaired) electrons. The number of aromatic nitrogens is 1. The summed E-state index contributed by atoms with van der Waals surface area (Å²) in [6, 6.07) is 4.15. The van der Waals surface area contributed by atoms with Crippen molar-refractivity contribution in [2.45, 2.75) is 23.8 Å². The molecule has 17 heavy (non-hydrogen) atoms. The third-order valence-electron chi connectivity index (χ3n) is 3.09. The number of carbonyl (C=O) groups is 1. The molecule has 1 fully saturated rings. The number of amides is 1. The van der Waals surface area contributed by atoms with E-state index in [1.807, 2.05) is 24.1 Å². The first-order chi connectivity index (χ1) is 8.19. The maximum Gasteiger partial charge on any atom is 0.228 e. The van der Waals surface area contributed by atoms with E-state index in [9.17, 15) is 4.79 Å². The molecule has 1 amide bonds. The lowest BCUT2D eigenvalue weighted by Gasteiger charge is -2.16. The van der Waals surface area contributed by atoms with Gasteiger partial charge in [0.15, 0.2) is 0 Å². The van der Waals surface area contributed by atoms with Crippen LogP contribution >= 0.6 is 12.6 Å². The summed E-state index contributed by atoms with van der Waals surface area (Å²) in [4.78, 5) is 18.9. The Kier molecular flexibility index (Phi) is 4.02. The molecule has 2 heterocycles. The average molecular weight is 251 g/mol. The molecular formula is C12H17N3OS. The van der Waals surface area contributed by atoms with Crippen LogP contribution in [0.15, 0.2) is 23.2 Å². The van der Waals surface area contributed by atoms with Crippen LogP contribution in [0, 0.1) is 0 Å². The van der Waals surface area contributed by atoms with Gasteiger partial charge in [-0.05, 0) is 25.6 Å². The Morgan fingerprint density at radius 3 is 3.06 bits per heavy atom. The summed E-state index contributed by atoms with van der Waals surface area (Å²) >= 11 is 4.17. The molecule has 0 saturated carbocycles. The highest BCUT2D eigenvalue weighted by molar-refractivity contribution is 7.80. The van der Waals surface area contributed by atoms with E-state index in [-0.39, 0.29) is 5.91 Å². The lowest BCUT2D eigenvalue weighted by atomic mass is 10.2. The van der Waals surface area contributed by atoms with Gasteiger partial charge in [-0.25, -0.2) is 0 Å². The number of rotatable bonds is 3. The molecule has 0 aliphatic carbocycles. The normalized spacial score (nSPS) is 19.6. The Bertz CT molecular complexity index is 393. The van der Waals surface area contributed by atoms with Gasteiger partial charge in [-0.2, -0.15) is 0 Å². The van der Waals surface area contributed by atoms with Crippen LogP contribution in [-0.2, 0) is 11.2 Å². The second kappa shape index (κ2) is 5.51. The highest BCUT2D eigenvalue weighted by atomic mass is 32.1. The van der Waals surface area contributed by atoms with Crippen LogP contribution in [-0.4, -0.2) is 42.0 Å². The molecule has 1 aliphatic rings. The average Bonchev–Trinajstić information content (AvgIpc) is 2.81. The van der Waals surface area contributed by atoms with E-state index >= 15 is 0 Å². The van der Waals surface area contributed by atoms with Gasteiger partial charge in [0.05, 0.1) is 6.42 Å². The molecule has 1 aromatic heterocycles. The van der Waals surface area contributed by atoms with Crippen LogP contribution < -0.4 is 5.32 Å². The molecule has 1 atom stereocenters. The number of hydrogen-bond acceptors (Lipinski definition) is 4. The lowest BCUT2D eigenvalue weighted by Crippen LogP contribution is -2.34. The van der Waals surface area contributed by atoms with Crippen molar-refractivity contribution in [1.82, 2.24) is 15.2 Å². The van der Waals surface area contributed by atoms with E-state index in [2.05, 4.69) is 22.9 Å². The Morgan fingerprint density at radius 1 is 1.65 bits per heavy atom. The first-order valence-electron chi connectivity index (χ1n) is 5.78. The zero-order valence-electron chi connectivity index (χ0n) is 9.89. The van der Waals surface area contributed by atoms with E-state index in [0.29, 0.717) is 12.5 Å². The van der Waals surface area contributed by atoms with Gasteiger partial charge < -0.3 is 10.2 Å². The largest absolute Gasteiger partial charge is 0.341 e. The van der Waals surface area contributed by atoms with Crippen molar-refractivity contribution in [2.75, 3.05) is 20.1 Å². The molecular weight excluding hydrogens is 234 g/mol. The van der Waals surface area contributed by atoms with Gasteiger partial charge >= 0.3 is 0 Å². The van der Waals surface area contributed by atoms with Crippen molar-refractivity contribution in [3.8, 4) is 0 Å². The second-order valence-electron chi connectivity index (χ2n) is 4.30. The van der Waals surface area contributed by atoms with Crippen molar-refractivity contribution in [3.63, 3.8) is 0 Å². The summed E-state index contributed by atoms with van der Waals surface area (Å²) in [5, 5.41) is 3.20. The smallest absolute Gasteiger partial charge is 0.228 e. The Labute approximate surface area is 107 Å².